The number of nitrogens with one attached hydrogen (secondary N) is 2. The van der Waals surface area contributed by atoms with Crippen molar-refractivity contribution in [1.82, 2.24) is 24.7 Å². The Bertz CT molecular complexity index is 1330. The maximum atomic E-state index is 12.7. The van der Waals surface area contributed by atoms with Crippen LogP contribution in [0.5, 0.6) is 0 Å². The van der Waals surface area contributed by atoms with Crippen LogP contribution in [0, 0.1) is 6.92 Å². The number of aryl methyl sites for hydroxylation is 2. The number of halogens is 3. The summed E-state index contributed by atoms with van der Waals surface area (Å²) in [6, 6.07) is 7.09. The van der Waals surface area contributed by atoms with Crippen molar-refractivity contribution in [2.24, 2.45) is 0 Å². The Morgan fingerprint density at radius 3 is 2.62 bits per heavy atom. The van der Waals surface area contributed by atoms with Crippen molar-refractivity contribution >= 4 is 28.6 Å². The maximum Gasteiger partial charge on any atom is 0.433 e. The standard InChI is InChI=1S/C23H22F3N7O/c1-4-33-12-18-21(32-33)31-20(11-27-18)29-14(3)17-9-16(7-5-13(17)2)30-22(34)15-6-8-19(28-10-15)23(24,25)26/h5-12,14H,4H2,1-3H3,(H,30,34)(H,29,31,32)/t14-/m0/s1. The molecule has 1 amide bonds. The molecule has 34 heavy (non-hydrogen) atoms. The Morgan fingerprint density at radius 2 is 1.94 bits per heavy atom. The van der Waals surface area contributed by atoms with Crippen molar-refractivity contribution in [3.63, 3.8) is 0 Å². The molecule has 0 bridgehead atoms. The maximum absolute atomic E-state index is 12.7. The number of amides is 1. The van der Waals surface area contributed by atoms with Gasteiger partial charge in [-0.25, -0.2) is 9.97 Å². The molecule has 1 atom stereocenters. The SMILES string of the molecule is CCn1cc2ncc(N[C@@H](C)c3cc(NC(=O)c4ccc(C(F)(F)F)nc4)ccc3C)nc2n1. The summed E-state index contributed by atoms with van der Waals surface area (Å²) in [5.41, 5.74) is 2.62. The summed E-state index contributed by atoms with van der Waals surface area (Å²) in [7, 11) is 0. The highest BCUT2D eigenvalue weighted by molar-refractivity contribution is 6.04. The molecule has 0 aliphatic carbocycles. The summed E-state index contributed by atoms with van der Waals surface area (Å²) in [6.07, 6.45) is -0.182. The van der Waals surface area contributed by atoms with Crippen LogP contribution in [0.15, 0.2) is 48.9 Å². The number of alkyl halides is 3. The first-order valence-electron chi connectivity index (χ1n) is 10.6. The molecular formula is C23H22F3N7O. The zero-order valence-electron chi connectivity index (χ0n) is 18.7. The summed E-state index contributed by atoms with van der Waals surface area (Å²) < 4.78 is 39.8. The molecule has 0 spiro atoms. The van der Waals surface area contributed by atoms with E-state index in [1.807, 2.05) is 33.0 Å². The van der Waals surface area contributed by atoms with E-state index in [0.717, 1.165) is 36.0 Å². The molecule has 0 saturated carbocycles. The quantitative estimate of drug-likeness (QED) is 0.413. The second-order valence-electron chi connectivity index (χ2n) is 7.77. The van der Waals surface area contributed by atoms with Crippen molar-refractivity contribution in [2.45, 2.75) is 39.5 Å². The molecule has 3 aromatic heterocycles. The van der Waals surface area contributed by atoms with Gasteiger partial charge in [-0.1, -0.05) is 6.07 Å². The first kappa shape index (κ1) is 23.1. The summed E-state index contributed by atoms with van der Waals surface area (Å²) in [4.78, 5) is 24.7. The molecule has 0 aliphatic heterocycles. The lowest BCUT2D eigenvalue weighted by molar-refractivity contribution is -0.141. The Balaban J connectivity index is 1.49. The molecule has 1 aromatic carbocycles. The molecule has 0 aliphatic rings. The van der Waals surface area contributed by atoms with E-state index in [9.17, 15) is 18.0 Å². The third-order valence-corrected chi connectivity index (χ3v) is 5.28. The summed E-state index contributed by atoms with van der Waals surface area (Å²) in [6.45, 7) is 6.59. The predicted molar refractivity (Wildman–Crippen MR) is 121 cm³/mol. The van der Waals surface area contributed by atoms with E-state index in [0.29, 0.717) is 22.7 Å². The molecule has 3 heterocycles. The van der Waals surface area contributed by atoms with Gasteiger partial charge in [-0.05, 0) is 56.2 Å². The Morgan fingerprint density at radius 1 is 1.15 bits per heavy atom. The molecule has 0 radical (unpaired) electrons. The fraction of sp³-hybridized carbons (Fsp3) is 0.261. The van der Waals surface area contributed by atoms with Crippen LogP contribution in [-0.4, -0.2) is 30.6 Å². The first-order valence-corrected chi connectivity index (χ1v) is 10.6. The van der Waals surface area contributed by atoms with Crippen LogP contribution in [0.2, 0.25) is 0 Å². The van der Waals surface area contributed by atoms with E-state index < -0.39 is 17.8 Å². The van der Waals surface area contributed by atoms with Gasteiger partial charge in [0.15, 0.2) is 0 Å². The number of anilines is 2. The fourth-order valence-electron chi connectivity index (χ4n) is 3.46. The number of nitrogens with zero attached hydrogens (tertiary/aromatic N) is 5. The van der Waals surface area contributed by atoms with Gasteiger partial charge in [-0.3, -0.25) is 14.5 Å². The predicted octanol–water partition coefficient (Wildman–Crippen LogP) is 4.99. The minimum atomic E-state index is -4.56. The van der Waals surface area contributed by atoms with Gasteiger partial charge in [-0.15, -0.1) is 0 Å². The zero-order valence-corrected chi connectivity index (χ0v) is 18.7. The highest BCUT2D eigenvalue weighted by Gasteiger charge is 2.32. The average molecular weight is 469 g/mol. The van der Waals surface area contributed by atoms with E-state index in [-0.39, 0.29) is 11.6 Å². The van der Waals surface area contributed by atoms with Gasteiger partial charge in [0.05, 0.1) is 24.0 Å². The fourth-order valence-corrected chi connectivity index (χ4v) is 3.46. The van der Waals surface area contributed by atoms with Crippen molar-refractivity contribution in [1.29, 1.82) is 0 Å². The van der Waals surface area contributed by atoms with Crippen LogP contribution >= 0.6 is 0 Å². The molecule has 11 heteroatoms. The molecule has 0 unspecified atom stereocenters. The molecule has 8 nitrogen and oxygen atoms in total. The summed E-state index contributed by atoms with van der Waals surface area (Å²) in [5.74, 6) is 0.00508. The van der Waals surface area contributed by atoms with Crippen molar-refractivity contribution < 1.29 is 18.0 Å². The van der Waals surface area contributed by atoms with Gasteiger partial charge in [0.25, 0.3) is 5.91 Å². The summed E-state index contributed by atoms with van der Waals surface area (Å²) >= 11 is 0. The number of aromatic nitrogens is 5. The number of pyridine rings is 1. The monoisotopic (exact) mass is 469 g/mol. The lowest BCUT2D eigenvalue weighted by atomic mass is 10.0. The molecular weight excluding hydrogens is 447 g/mol. The molecule has 176 valence electrons. The van der Waals surface area contributed by atoms with Crippen LogP contribution in [0.3, 0.4) is 0 Å². The molecule has 4 aromatic rings. The lowest BCUT2D eigenvalue weighted by Gasteiger charge is -2.18. The topological polar surface area (TPSA) is 97.6 Å². The largest absolute Gasteiger partial charge is 0.433 e. The van der Waals surface area contributed by atoms with E-state index in [4.69, 9.17) is 0 Å². The van der Waals surface area contributed by atoms with Crippen molar-refractivity contribution in [3.05, 3.63) is 71.3 Å². The minimum Gasteiger partial charge on any atom is -0.362 e. The van der Waals surface area contributed by atoms with Crippen LogP contribution in [0.25, 0.3) is 11.2 Å². The van der Waals surface area contributed by atoms with Crippen LogP contribution in [0.1, 0.15) is 47.1 Å². The van der Waals surface area contributed by atoms with Gasteiger partial charge in [0, 0.05) is 18.4 Å². The Labute approximate surface area is 193 Å². The second-order valence-corrected chi connectivity index (χ2v) is 7.77. The van der Waals surface area contributed by atoms with Crippen molar-refractivity contribution in [2.75, 3.05) is 10.6 Å². The zero-order chi connectivity index (χ0) is 24.5. The number of hydrogen-bond donors (Lipinski definition) is 2. The van der Waals surface area contributed by atoms with E-state index in [1.165, 1.54) is 0 Å². The second kappa shape index (κ2) is 9.08. The summed E-state index contributed by atoms with van der Waals surface area (Å²) in [5, 5.41) is 10.4. The Kier molecular flexibility index (Phi) is 6.18. The smallest absolute Gasteiger partial charge is 0.362 e. The van der Waals surface area contributed by atoms with E-state index in [1.54, 1.807) is 23.0 Å². The average Bonchev–Trinajstić information content (AvgIpc) is 3.22. The highest BCUT2D eigenvalue weighted by atomic mass is 19.4. The van der Waals surface area contributed by atoms with Crippen molar-refractivity contribution in [3.8, 4) is 0 Å². The first-order chi connectivity index (χ1) is 16.1. The number of rotatable bonds is 6. The lowest BCUT2D eigenvalue weighted by Crippen LogP contribution is -2.15. The number of carbonyl (C=O) groups excluding carboxylic acids is 1. The van der Waals surface area contributed by atoms with Crippen LogP contribution < -0.4 is 10.6 Å². The molecule has 2 N–H and O–H groups in total. The van der Waals surface area contributed by atoms with E-state index >= 15 is 0 Å². The van der Waals surface area contributed by atoms with Gasteiger partial charge >= 0.3 is 6.18 Å². The van der Waals surface area contributed by atoms with E-state index in [2.05, 4.69) is 30.7 Å². The Hall–Kier alpha value is -4.02. The third-order valence-electron chi connectivity index (χ3n) is 5.28. The van der Waals surface area contributed by atoms with Gasteiger partial charge in [-0.2, -0.15) is 18.3 Å². The van der Waals surface area contributed by atoms with Gasteiger partial charge in [0.2, 0.25) is 5.65 Å². The molecule has 4 rings (SSSR count). The van der Waals surface area contributed by atoms with Gasteiger partial charge in [0.1, 0.15) is 17.0 Å². The number of fused-ring (bicyclic) bond motifs is 1. The molecule has 0 fully saturated rings. The van der Waals surface area contributed by atoms with Gasteiger partial charge < -0.3 is 10.6 Å². The van der Waals surface area contributed by atoms with Crippen LogP contribution in [0.4, 0.5) is 24.7 Å². The third kappa shape index (κ3) is 4.98. The molecule has 0 saturated heterocycles. The van der Waals surface area contributed by atoms with Crippen LogP contribution in [-0.2, 0) is 12.7 Å². The normalized spacial score (nSPS) is 12.5. The number of benzene rings is 1. The minimum absolute atomic E-state index is 0.0244. The number of hydrogen-bond acceptors (Lipinski definition) is 6. The number of carbonyl (C=O) groups is 1. The highest BCUT2D eigenvalue weighted by Crippen LogP contribution is 2.28.